The van der Waals surface area contributed by atoms with Crippen molar-refractivity contribution in [2.45, 2.75) is 20.0 Å². The number of aromatic nitrogens is 2. The Balaban J connectivity index is 2.19. The Morgan fingerprint density at radius 2 is 2.10 bits per heavy atom. The smallest absolute Gasteiger partial charge is 0.335 e. The molecule has 0 fully saturated rings. The Labute approximate surface area is 122 Å². The summed E-state index contributed by atoms with van der Waals surface area (Å²) in [5, 5.41) is 13.4. The van der Waals surface area contributed by atoms with Gasteiger partial charge in [0.15, 0.2) is 11.5 Å². The Morgan fingerprint density at radius 1 is 1.33 bits per heavy atom. The molecule has 0 unspecified atom stereocenters. The number of benzene rings is 1. The number of hydrogen-bond acceptors (Lipinski definition) is 4. The predicted octanol–water partition coefficient (Wildman–Crippen LogP) is 2.27. The number of aromatic carboxylic acids is 1. The third kappa shape index (κ3) is 3.34. The van der Waals surface area contributed by atoms with Gasteiger partial charge < -0.3 is 14.6 Å². The normalized spacial score (nSPS) is 10.4. The Kier molecular flexibility index (Phi) is 4.47. The Morgan fingerprint density at radius 3 is 2.67 bits per heavy atom. The third-order valence-electron chi connectivity index (χ3n) is 3.18. The zero-order valence-corrected chi connectivity index (χ0v) is 12.3. The van der Waals surface area contributed by atoms with Gasteiger partial charge in [-0.2, -0.15) is 5.10 Å². The summed E-state index contributed by atoms with van der Waals surface area (Å²) in [5.41, 5.74) is 2.06. The van der Waals surface area contributed by atoms with E-state index in [2.05, 4.69) is 5.10 Å². The number of methoxy groups -OCH3 is 1. The van der Waals surface area contributed by atoms with E-state index in [9.17, 15) is 4.79 Å². The summed E-state index contributed by atoms with van der Waals surface area (Å²) in [5.74, 6) is -0.106. The average Bonchev–Trinajstić information content (AvgIpc) is 2.85. The van der Waals surface area contributed by atoms with E-state index >= 15 is 0 Å². The summed E-state index contributed by atoms with van der Waals surface area (Å²) >= 11 is 0. The van der Waals surface area contributed by atoms with Crippen LogP contribution in [-0.2, 0) is 20.1 Å². The summed E-state index contributed by atoms with van der Waals surface area (Å²) < 4.78 is 12.6. The molecule has 2 rings (SSSR count). The van der Waals surface area contributed by atoms with Gasteiger partial charge in [0, 0.05) is 7.05 Å². The first-order valence-corrected chi connectivity index (χ1v) is 6.61. The molecule has 0 atom stereocenters. The van der Waals surface area contributed by atoms with Gasteiger partial charge in [-0.05, 0) is 30.7 Å². The lowest BCUT2D eigenvalue weighted by Gasteiger charge is -2.11. The molecule has 0 saturated heterocycles. The topological polar surface area (TPSA) is 73.6 Å². The Bertz CT molecular complexity index is 649. The lowest BCUT2D eigenvalue weighted by atomic mass is 10.2. The largest absolute Gasteiger partial charge is 0.493 e. The maximum Gasteiger partial charge on any atom is 0.335 e. The highest BCUT2D eigenvalue weighted by atomic mass is 16.5. The summed E-state index contributed by atoms with van der Waals surface area (Å²) in [4.78, 5) is 11.0. The first-order valence-electron chi connectivity index (χ1n) is 6.61. The third-order valence-corrected chi connectivity index (χ3v) is 3.18. The second-order valence-corrected chi connectivity index (χ2v) is 4.56. The van der Waals surface area contributed by atoms with Crippen molar-refractivity contribution in [2.24, 2.45) is 7.05 Å². The zero-order valence-electron chi connectivity index (χ0n) is 12.3. The number of carboxylic acids is 1. The van der Waals surface area contributed by atoms with Crippen LogP contribution in [0, 0.1) is 0 Å². The maximum absolute atomic E-state index is 11.0. The van der Waals surface area contributed by atoms with E-state index in [-0.39, 0.29) is 5.56 Å². The maximum atomic E-state index is 11.0. The number of carbonyl (C=O) groups is 1. The van der Waals surface area contributed by atoms with Gasteiger partial charge >= 0.3 is 5.97 Å². The van der Waals surface area contributed by atoms with Gasteiger partial charge in [0.2, 0.25) is 0 Å². The van der Waals surface area contributed by atoms with Crippen molar-refractivity contribution < 1.29 is 19.4 Å². The van der Waals surface area contributed by atoms with Crippen LogP contribution in [0.4, 0.5) is 0 Å². The molecule has 0 aliphatic rings. The molecule has 0 amide bonds. The minimum atomic E-state index is -1.00. The molecule has 1 heterocycles. The Hall–Kier alpha value is -2.50. The lowest BCUT2D eigenvalue weighted by molar-refractivity contribution is 0.0696. The van der Waals surface area contributed by atoms with E-state index < -0.39 is 5.97 Å². The van der Waals surface area contributed by atoms with Crippen molar-refractivity contribution in [3.05, 3.63) is 41.2 Å². The van der Waals surface area contributed by atoms with Gasteiger partial charge in [0.25, 0.3) is 0 Å². The number of hydrogen-bond donors (Lipinski definition) is 1. The number of ether oxygens (including phenoxy) is 2. The van der Waals surface area contributed by atoms with Crippen LogP contribution in [-0.4, -0.2) is 28.0 Å². The van der Waals surface area contributed by atoms with Crippen LogP contribution >= 0.6 is 0 Å². The van der Waals surface area contributed by atoms with Crippen LogP contribution in [0.2, 0.25) is 0 Å². The van der Waals surface area contributed by atoms with E-state index in [4.69, 9.17) is 14.6 Å². The minimum Gasteiger partial charge on any atom is -0.493 e. The molecule has 0 aliphatic heterocycles. The molecule has 112 valence electrons. The molecule has 1 aromatic heterocycles. The van der Waals surface area contributed by atoms with Crippen molar-refractivity contribution in [1.29, 1.82) is 0 Å². The highest BCUT2D eigenvalue weighted by molar-refractivity contribution is 5.88. The van der Waals surface area contributed by atoms with Crippen LogP contribution in [0.5, 0.6) is 11.5 Å². The summed E-state index contributed by atoms with van der Waals surface area (Å²) in [7, 11) is 3.37. The first kappa shape index (κ1) is 14.9. The van der Waals surface area contributed by atoms with Crippen LogP contribution in [0.15, 0.2) is 24.3 Å². The number of carboxylic acid groups (broad SMARTS) is 1. The summed E-state index contributed by atoms with van der Waals surface area (Å²) in [6, 6.07) is 6.48. The van der Waals surface area contributed by atoms with Crippen LogP contribution < -0.4 is 9.47 Å². The van der Waals surface area contributed by atoms with Crippen LogP contribution in [0.1, 0.15) is 28.7 Å². The fourth-order valence-corrected chi connectivity index (χ4v) is 1.95. The molecule has 0 spiro atoms. The monoisotopic (exact) mass is 290 g/mol. The molecule has 0 aliphatic carbocycles. The number of rotatable bonds is 6. The molecule has 6 heteroatoms. The molecule has 1 N–H and O–H groups in total. The fraction of sp³-hybridized carbons (Fsp3) is 0.333. The van der Waals surface area contributed by atoms with E-state index in [0.717, 1.165) is 17.8 Å². The molecule has 2 aromatic rings. The molecule has 0 saturated carbocycles. The number of aryl methyl sites for hydroxylation is 2. The molecule has 0 bridgehead atoms. The predicted molar refractivity (Wildman–Crippen MR) is 76.9 cm³/mol. The summed E-state index contributed by atoms with van der Waals surface area (Å²) in [6.07, 6.45) is 0.853. The van der Waals surface area contributed by atoms with Gasteiger partial charge in [-0.3, -0.25) is 4.68 Å². The highest BCUT2D eigenvalue weighted by Gasteiger charge is 2.11. The second kappa shape index (κ2) is 6.30. The van der Waals surface area contributed by atoms with E-state index in [1.54, 1.807) is 10.7 Å². The van der Waals surface area contributed by atoms with Gasteiger partial charge in [-0.1, -0.05) is 6.92 Å². The molecular weight excluding hydrogens is 272 g/mol. The molecular formula is C15H18N2O4. The van der Waals surface area contributed by atoms with Crippen molar-refractivity contribution in [1.82, 2.24) is 9.78 Å². The zero-order chi connectivity index (χ0) is 15.4. The van der Waals surface area contributed by atoms with E-state index in [0.29, 0.717) is 18.1 Å². The van der Waals surface area contributed by atoms with Gasteiger partial charge in [-0.15, -0.1) is 0 Å². The number of nitrogens with zero attached hydrogens (tertiary/aromatic N) is 2. The van der Waals surface area contributed by atoms with Crippen LogP contribution in [0.25, 0.3) is 0 Å². The van der Waals surface area contributed by atoms with Crippen LogP contribution in [0.3, 0.4) is 0 Å². The summed E-state index contributed by atoms with van der Waals surface area (Å²) in [6.45, 7) is 2.33. The van der Waals surface area contributed by atoms with Gasteiger partial charge in [0.05, 0.1) is 24.1 Å². The SMILES string of the molecule is CCc1cc(COc2cc(C(=O)O)ccc2OC)n(C)n1. The first-order chi connectivity index (χ1) is 10.0. The molecule has 6 nitrogen and oxygen atoms in total. The molecule has 0 radical (unpaired) electrons. The van der Waals surface area contributed by atoms with E-state index in [1.165, 1.54) is 19.2 Å². The molecule has 1 aromatic carbocycles. The van der Waals surface area contributed by atoms with Crippen molar-refractivity contribution in [3.8, 4) is 11.5 Å². The van der Waals surface area contributed by atoms with E-state index in [1.807, 2.05) is 20.0 Å². The van der Waals surface area contributed by atoms with Gasteiger partial charge in [-0.25, -0.2) is 4.79 Å². The minimum absolute atomic E-state index is 0.157. The quantitative estimate of drug-likeness (QED) is 0.883. The fourth-order valence-electron chi connectivity index (χ4n) is 1.95. The highest BCUT2D eigenvalue weighted by Crippen LogP contribution is 2.28. The standard InChI is InChI=1S/C15H18N2O4/c1-4-11-8-12(17(2)16-11)9-21-14-7-10(15(18)19)5-6-13(14)20-3/h5-8H,4,9H2,1-3H3,(H,18,19). The molecule has 21 heavy (non-hydrogen) atoms. The van der Waals surface area contributed by atoms with Crippen molar-refractivity contribution in [2.75, 3.05) is 7.11 Å². The average molecular weight is 290 g/mol. The van der Waals surface area contributed by atoms with Gasteiger partial charge in [0.1, 0.15) is 6.61 Å². The second-order valence-electron chi connectivity index (χ2n) is 4.56. The van der Waals surface area contributed by atoms with Crippen molar-refractivity contribution >= 4 is 5.97 Å². The lowest BCUT2D eigenvalue weighted by Crippen LogP contribution is -2.05. The van der Waals surface area contributed by atoms with Crippen molar-refractivity contribution in [3.63, 3.8) is 0 Å².